The number of nitrogens with one attached hydrogen (secondary N) is 1. The maximum absolute atomic E-state index is 5.96. The van der Waals surface area contributed by atoms with Gasteiger partial charge in [-0.25, -0.2) is 0 Å². The Morgan fingerprint density at radius 1 is 1.43 bits per heavy atom. The van der Waals surface area contributed by atoms with Gasteiger partial charge in [0.15, 0.2) is 5.96 Å². The van der Waals surface area contributed by atoms with Gasteiger partial charge in [0.2, 0.25) is 0 Å². The fourth-order valence-corrected chi connectivity index (χ4v) is 3.01. The Morgan fingerprint density at radius 3 is 2.96 bits per heavy atom. The van der Waals surface area contributed by atoms with Gasteiger partial charge in [0, 0.05) is 12.6 Å². The summed E-state index contributed by atoms with van der Waals surface area (Å²) in [5.41, 5.74) is 7.14. The Balaban J connectivity index is 0.00000264. The van der Waals surface area contributed by atoms with Crippen LogP contribution in [0.5, 0.6) is 5.75 Å². The molecule has 1 aliphatic rings. The minimum atomic E-state index is 0. The van der Waals surface area contributed by atoms with Crippen molar-refractivity contribution in [1.29, 1.82) is 0 Å². The van der Waals surface area contributed by atoms with Crippen molar-refractivity contribution >= 4 is 29.9 Å². The summed E-state index contributed by atoms with van der Waals surface area (Å²) < 4.78 is 5.35. The van der Waals surface area contributed by atoms with E-state index in [1.807, 2.05) is 18.2 Å². The van der Waals surface area contributed by atoms with Gasteiger partial charge in [-0.15, -0.1) is 24.0 Å². The molecule has 1 aliphatic heterocycles. The normalized spacial score (nSPS) is 18.5. The van der Waals surface area contributed by atoms with Crippen LogP contribution in [-0.4, -0.2) is 50.2 Å². The highest BCUT2D eigenvalue weighted by molar-refractivity contribution is 14.0. The Morgan fingerprint density at radius 2 is 2.22 bits per heavy atom. The number of halogens is 1. The maximum atomic E-state index is 5.96. The minimum absolute atomic E-state index is 0. The van der Waals surface area contributed by atoms with Crippen LogP contribution in [-0.2, 0) is 6.42 Å². The lowest BCUT2D eigenvalue weighted by atomic mass is 10.1. The van der Waals surface area contributed by atoms with Gasteiger partial charge in [0.25, 0.3) is 0 Å². The summed E-state index contributed by atoms with van der Waals surface area (Å²) in [4.78, 5) is 6.97. The van der Waals surface area contributed by atoms with E-state index in [4.69, 9.17) is 10.5 Å². The molecule has 1 aromatic rings. The van der Waals surface area contributed by atoms with Crippen LogP contribution >= 0.6 is 24.0 Å². The zero-order chi connectivity index (χ0) is 15.8. The molecule has 2 rings (SSSR count). The lowest BCUT2D eigenvalue weighted by Gasteiger charge is -2.21. The summed E-state index contributed by atoms with van der Waals surface area (Å²) >= 11 is 0. The third kappa shape index (κ3) is 6.18. The van der Waals surface area contributed by atoms with Crippen molar-refractivity contribution in [3.05, 3.63) is 29.8 Å². The number of benzene rings is 1. The second-order valence-electron chi connectivity index (χ2n) is 5.64. The van der Waals surface area contributed by atoms with Crippen molar-refractivity contribution in [1.82, 2.24) is 10.2 Å². The van der Waals surface area contributed by atoms with E-state index in [1.54, 1.807) is 7.11 Å². The van der Waals surface area contributed by atoms with Gasteiger partial charge in [-0.05, 0) is 44.0 Å². The van der Waals surface area contributed by atoms with Crippen LogP contribution in [0.2, 0.25) is 0 Å². The van der Waals surface area contributed by atoms with Crippen LogP contribution in [0, 0.1) is 0 Å². The van der Waals surface area contributed by atoms with Gasteiger partial charge in [-0.2, -0.15) is 0 Å². The van der Waals surface area contributed by atoms with Crippen molar-refractivity contribution in [3.8, 4) is 5.75 Å². The van der Waals surface area contributed by atoms with Gasteiger partial charge in [-0.3, -0.25) is 9.89 Å². The van der Waals surface area contributed by atoms with Crippen LogP contribution in [0.25, 0.3) is 0 Å². The van der Waals surface area contributed by atoms with Crippen LogP contribution in [0.15, 0.2) is 29.3 Å². The standard InChI is InChI=1S/C17H28N4O.HI/c1-3-21-12-6-8-15(21)13-20-17(18)19-11-10-14-7-4-5-9-16(14)22-2;/h4-5,7,9,15H,3,6,8,10-13H2,1-2H3,(H3,18,19,20);1H. The average molecular weight is 432 g/mol. The molecule has 0 bridgehead atoms. The first-order chi connectivity index (χ1) is 10.7. The van der Waals surface area contributed by atoms with E-state index in [2.05, 4.69) is 28.2 Å². The first-order valence-electron chi connectivity index (χ1n) is 8.14. The quantitative estimate of drug-likeness (QED) is 0.394. The van der Waals surface area contributed by atoms with Gasteiger partial charge in [0.1, 0.15) is 5.75 Å². The van der Waals surface area contributed by atoms with Crippen molar-refractivity contribution < 1.29 is 4.74 Å². The largest absolute Gasteiger partial charge is 0.496 e. The molecular weight excluding hydrogens is 403 g/mol. The molecule has 1 saturated heterocycles. The van der Waals surface area contributed by atoms with Crippen LogP contribution < -0.4 is 15.8 Å². The zero-order valence-electron chi connectivity index (χ0n) is 14.1. The Kier molecular flexibility index (Phi) is 9.31. The van der Waals surface area contributed by atoms with Crippen LogP contribution in [0.3, 0.4) is 0 Å². The van der Waals surface area contributed by atoms with E-state index in [0.29, 0.717) is 12.0 Å². The molecule has 23 heavy (non-hydrogen) atoms. The van der Waals surface area contributed by atoms with Crippen LogP contribution in [0.1, 0.15) is 25.3 Å². The summed E-state index contributed by atoms with van der Waals surface area (Å²) in [7, 11) is 1.70. The second-order valence-corrected chi connectivity index (χ2v) is 5.64. The predicted octanol–water partition coefficient (Wildman–Crippen LogP) is 2.24. The SMILES string of the molecule is CCN1CCCC1CN=C(N)NCCc1ccccc1OC.I. The Labute approximate surface area is 156 Å². The van der Waals surface area contributed by atoms with Gasteiger partial charge >= 0.3 is 0 Å². The lowest BCUT2D eigenvalue weighted by molar-refractivity contribution is 0.273. The minimum Gasteiger partial charge on any atom is -0.496 e. The summed E-state index contributed by atoms with van der Waals surface area (Å²) in [6.45, 7) is 6.05. The molecule has 1 unspecified atom stereocenters. The maximum Gasteiger partial charge on any atom is 0.188 e. The molecule has 0 aliphatic carbocycles. The molecule has 0 spiro atoms. The van der Waals surface area contributed by atoms with Gasteiger partial charge in [0.05, 0.1) is 13.7 Å². The number of hydrogen-bond acceptors (Lipinski definition) is 3. The number of likely N-dealkylation sites (N-methyl/N-ethyl adjacent to an activating group) is 1. The van der Waals surface area contributed by atoms with Crippen molar-refractivity contribution in [2.75, 3.05) is 33.3 Å². The molecule has 0 saturated carbocycles. The Bertz CT molecular complexity index is 495. The third-order valence-electron chi connectivity index (χ3n) is 4.27. The number of methoxy groups -OCH3 is 1. The number of para-hydroxylation sites is 1. The van der Waals surface area contributed by atoms with Crippen LogP contribution in [0.4, 0.5) is 0 Å². The molecule has 1 aromatic carbocycles. The number of nitrogens with two attached hydrogens (primary N) is 1. The van der Waals surface area contributed by atoms with E-state index in [9.17, 15) is 0 Å². The van der Waals surface area contributed by atoms with E-state index in [0.717, 1.165) is 31.8 Å². The van der Waals surface area contributed by atoms with E-state index in [1.165, 1.54) is 24.9 Å². The molecule has 130 valence electrons. The van der Waals surface area contributed by atoms with E-state index in [-0.39, 0.29) is 24.0 Å². The molecule has 1 heterocycles. The molecule has 3 N–H and O–H groups in total. The second kappa shape index (κ2) is 10.7. The third-order valence-corrected chi connectivity index (χ3v) is 4.27. The first-order valence-corrected chi connectivity index (χ1v) is 8.14. The predicted molar refractivity (Wildman–Crippen MR) is 107 cm³/mol. The molecule has 1 atom stereocenters. The lowest BCUT2D eigenvalue weighted by Crippen LogP contribution is -2.36. The van der Waals surface area contributed by atoms with Gasteiger partial charge in [-0.1, -0.05) is 25.1 Å². The summed E-state index contributed by atoms with van der Waals surface area (Å²) in [5.74, 6) is 1.46. The molecule has 5 nitrogen and oxygen atoms in total. The van der Waals surface area contributed by atoms with Crippen molar-refractivity contribution in [2.45, 2.75) is 32.2 Å². The highest BCUT2D eigenvalue weighted by atomic mass is 127. The molecule has 1 fully saturated rings. The number of rotatable bonds is 7. The summed E-state index contributed by atoms with van der Waals surface area (Å²) in [5, 5.41) is 3.19. The van der Waals surface area contributed by atoms with Crippen molar-refractivity contribution in [3.63, 3.8) is 0 Å². The first kappa shape index (κ1) is 20.0. The number of nitrogens with zero attached hydrogens (tertiary/aromatic N) is 2. The summed E-state index contributed by atoms with van der Waals surface area (Å²) in [6, 6.07) is 8.61. The molecule has 0 amide bonds. The summed E-state index contributed by atoms with van der Waals surface area (Å²) in [6.07, 6.45) is 3.37. The zero-order valence-corrected chi connectivity index (χ0v) is 16.5. The Hall–Kier alpha value is -1.02. The molecule has 0 radical (unpaired) electrons. The number of hydrogen-bond donors (Lipinski definition) is 2. The van der Waals surface area contributed by atoms with Gasteiger partial charge < -0.3 is 15.8 Å². The number of ether oxygens (including phenoxy) is 1. The fourth-order valence-electron chi connectivity index (χ4n) is 3.01. The highest BCUT2D eigenvalue weighted by Gasteiger charge is 2.22. The number of guanidine groups is 1. The molecular formula is C17H29IN4O. The monoisotopic (exact) mass is 432 g/mol. The number of likely N-dealkylation sites (tertiary alicyclic amines) is 1. The topological polar surface area (TPSA) is 62.9 Å². The smallest absolute Gasteiger partial charge is 0.188 e. The van der Waals surface area contributed by atoms with E-state index >= 15 is 0 Å². The average Bonchev–Trinajstić information content (AvgIpc) is 3.01. The van der Waals surface area contributed by atoms with Crippen molar-refractivity contribution in [2.24, 2.45) is 10.7 Å². The molecule has 0 aromatic heterocycles. The fraction of sp³-hybridized carbons (Fsp3) is 0.588. The molecule has 6 heteroatoms. The number of aliphatic imine (C=N–C) groups is 1. The highest BCUT2D eigenvalue weighted by Crippen LogP contribution is 2.17. The van der Waals surface area contributed by atoms with E-state index < -0.39 is 0 Å².